The predicted molar refractivity (Wildman–Crippen MR) is 108 cm³/mol. The van der Waals surface area contributed by atoms with E-state index in [1.54, 1.807) is 18.2 Å². The molecule has 4 rings (SSSR count). The monoisotopic (exact) mass is 400 g/mol. The molecule has 2 aliphatic heterocycles. The van der Waals surface area contributed by atoms with Crippen LogP contribution in [0.25, 0.3) is 0 Å². The normalized spacial score (nSPS) is 19.4. The van der Waals surface area contributed by atoms with Crippen molar-refractivity contribution in [3.05, 3.63) is 53.6 Å². The van der Waals surface area contributed by atoms with Gasteiger partial charge in [-0.15, -0.1) is 0 Å². The van der Waals surface area contributed by atoms with Crippen LogP contribution in [-0.2, 0) is 9.53 Å². The van der Waals surface area contributed by atoms with Gasteiger partial charge in [0.05, 0.1) is 24.6 Å². The van der Waals surface area contributed by atoms with Crippen molar-refractivity contribution in [1.29, 1.82) is 0 Å². The number of halogens is 2. The van der Waals surface area contributed by atoms with Crippen LogP contribution in [0.1, 0.15) is 11.5 Å². The Morgan fingerprint density at radius 3 is 2.83 bits per heavy atom. The minimum atomic E-state index is -0.625. The van der Waals surface area contributed by atoms with E-state index < -0.39 is 17.6 Å². The van der Waals surface area contributed by atoms with Crippen LogP contribution in [0.3, 0.4) is 0 Å². The number of nitrogens with one attached hydrogen (secondary N) is 2. The maximum atomic E-state index is 14.4. The molecule has 0 saturated carbocycles. The molecule has 0 bridgehead atoms. The van der Waals surface area contributed by atoms with Gasteiger partial charge in [-0.3, -0.25) is 14.7 Å². The van der Waals surface area contributed by atoms with E-state index in [1.165, 1.54) is 24.4 Å². The number of aliphatic imine (C=N–C) groups is 1. The molecule has 29 heavy (non-hydrogen) atoms. The van der Waals surface area contributed by atoms with Gasteiger partial charge in [-0.1, -0.05) is 6.07 Å². The Morgan fingerprint density at radius 1 is 1.21 bits per heavy atom. The molecule has 1 saturated heterocycles. The SMILES string of the molecule is O=C1Nc2cc(F)ccc2C1C=Nc1ccc(NCCN2CCOCC2)c(F)c1. The molecule has 1 unspecified atom stereocenters. The van der Waals surface area contributed by atoms with E-state index in [4.69, 9.17) is 4.74 Å². The first kappa shape index (κ1) is 19.5. The molecular formula is C21H22F2N4O2. The molecule has 2 heterocycles. The van der Waals surface area contributed by atoms with Gasteiger partial charge in [0.15, 0.2) is 0 Å². The van der Waals surface area contributed by atoms with E-state index in [0.717, 1.165) is 32.8 Å². The molecule has 2 N–H and O–H groups in total. The summed E-state index contributed by atoms with van der Waals surface area (Å²) >= 11 is 0. The first-order chi connectivity index (χ1) is 14.1. The molecular weight excluding hydrogens is 378 g/mol. The summed E-state index contributed by atoms with van der Waals surface area (Å²) < 4.78 is 33.0. The second-order valence-electron chi connectivity index (χ2n) is 7.02. The van der Waals surface area contributed by atoms with Crippen LogP contribution in [0.2, 0.25) is 0 Å². The van der Waals surface area contributed by atoms with Crippen molar-refractivity contribution in [3.63, 3.8) is 0 Å². The third-order valence-electron chi connectivity index (χ3n) is 5.06. The lowest BCUT2D eigenvalue weighted by atomic mass is 10.0. The topological polar surface area (TPSA) is 66.0 Å². The van der Waals surface area contributed by atoms with Crippen molar-refractivity contribution >= 4 is 29.2 Å². The van der Waals surface area contributed by atoms with Crippen molar-refractivity contribution < 1.29 is 18.3 Å². The van der Waals surface area contributed by atoms with Crippen LogP contribution in [0.15, 0.2) is 41.4 Å². The fraction of sp³-hybridized carbons (Fsp3) is 0.333. The third kappa shape index (κ3) is 4.60. The molecule has 0 spiro atoms. The number of ether oxygens (including phenoxy) is 1. The van der Waals surface area contributed by atoms with Gasteiger partial charge < -0.3 is 15.4 Å². The molecule has 152 valence electrons. The molecule has 8 heteroatoms. The van der Waals surface area contributed by atoms with Crippen molar-refractivity contribution in [2.24, 2.45) is 4.99 Å². The summed E-state index contributed by atoms with van der Waals surface area (Å²) in [5.41, 5.74) is 1.92. The number of amides is 1. The van der Waals surface area contributed by atoms with Crippen LogP contribution < -0.4 is 10.6 Å². The maximum Gasteiger partial charge on any atom is 0.237 e. The Bertz CT molecular complexity index is 929. The number of rotatable bonds is 6. The van der Waals surface area contributed by atoms with Crippen molar-refractivity contribution in [1.82, 2.24) is 4.90 Å². The maximum absolute atomic E-state index is 14.4. The fourth-order valence-electron chi connectivity index (χ4n) is 3.47. The van der Waals surface area contributed by atoms with Gasteiger partial charge >= 0.3 is 0 Å². The summed E-state index contributed by atoms with van der Waals surface area (Å²) in [5, 5.41) is 5.73. The largest absolute Gasteiger partial charge is 0.381 e. The summed E-state index contributed by atoms with van der Waals surface area (Å²) in [5.74, 6) is -1.73. The summed E-state index contributed by atoms with van der Waals surface area (Å²) in [6.45, 7) is 4.71. The smallest absolute Gasteiger partial charge is 0.237 e. The Hall–Kier alpha value is -2.84. The van der Waals surface area contributed by atoms with E-state index in [9.17, 15) is 13.6 Å². The van der Waals surface area contributed by atoms with Gasteiger partial charge in [0.1, 0.15) is 17.6 Å². The highest BCUT2D eigenvalue weighted by Crippen LogP contribution is 2.32. The zero-order valence-corrected chi connectivity index (χ0v) is 15.8. The molecule has 2 aromatic rings. The van der Waals surface area contributed by atoms with E-state index >= 15 is 0 Å². The van der Waals surface area contributed by atoms with Gasteiger partial charge in [0.25, 0.3) is 0 Å². The van der Waals surface area contributed by atoms with E-state index in [0.29, 0.717) is 29.2 Å². The average molecular weight is 400 g/mol. The highest BCUT2D eigenvalue weighted by Gasteiger charge is 2.29. The number of hydrogen-bond acceptors (Lipinski definition) is 5. The molecule has 6 nitrogen and oxygen atoms in total. The van der Waals surface area contributed by atoms with E-state index in [1.807, 2.05) is 0 Å². The number of carbonyl (C=O) groups is 1. The molecule has 0 aromatic heterocycles. The Morgan fingerprint density at radius 2 is 2.03 bits per heavy atom. The van der Waals surface area contributed by atoms with Crippen LogP contribution in [-0.4, -0.2) is 56.4 Å². The summed E-state index contributed by atoms with van der Waals surface area (Å²) in [4.78, 5) is 18.6. The van der Waals surface area contributed by atoms with Crippen LogP contribution >= 0.6 is 0 Å². The molecule has 1 fully saturated rings. The molecule has 2 aromatic carbocycles. The Labute approximate surface area is 167 Å². The second-order valence-corrected chi connectivity index (χ2v) is 7.02. The van der Waals surface area contributed by atoms with Crippen molar-refractivity contribution in [2.75, 3.05) is 50.0 Å². The fourth-order valence-corrected chi connectivity index (χ4v) is 3.47. The highest BCUT2D eigenvalue weighted by atomic mass is 19.1. The van der Waals surface area contributed by atoms with Gasteiger partial charge in [0.2, 0.25) is 5.91 Å². The Balaban J connectivity index is 1.37. The number of morpholine rings is 1. The molecule has 0 aliphatic carbocycles. The van der Waals surface area contributed by atoms with Crippen molar-refractivity contribution in [3.8, 4) is 0 Å². The van der Waals surface area contributed by atoms with Gasteiger partial charge in [0, 0.05) is 44.1 Å². The zero-order chi connectivity index (χ0) is 20.2. The molecule has 0 radical (unpaired) electrons. The first-order valence-electron chi connectivity index (χ1n) is 9.58. The second kappa shape index (κ2) is 8.67. The number of anilines is 2. The standard InChI is InChI=1S/C21H22F2N4O2/c22-14-1-3-16-17(21(28)26-20(16)11-14)13-25-15-2-4-19(18(23)12-15)24-5-6-27-7-9-29-10-8-27/h1-4,11-13,17,24H,5-10H2,(H,26,28). The summed E-state index contributed by atoms with van der Waals surface area (Å²) in [7, 11) is 0. The third-order valence-corrected chi connectivity index (χ3v) is 5.06. The minimum absolute atomic E-state index is 0.281. The average Bonchev–Trinajstić information content (AvgIpc) is 3.02. The lowest BCUT2D eigenvalue weighted by molar-refractivity contribution is -0.115. The number of fused-ring (bicyclic) bond motifs is 1. The zero-order valence-electron chi connectivity index (χ0n) is 15.8. The number of nitrogens with zero attached hydrogens (tertiary/aromatic N) is 2. The van der Waals surface area contributed by atoms with Crippen LogP contribution in [0.5, 0.6) is 0 Å². The van der Waals surface area contributed by atoms with Crippen LogP contribution in [0, 0.1) is 11.6 Å². The number of hydrogen-bond donors (Lipinski definition) is 2. The molecule has 1 amide bonds. The Kier molecular flexibility index (Phi) is 5.82. The highest BCUT2D eigenvalue weighted by molar-refractivity contribution is 6.12. The lowest BCUT2D eigenvalue weighted by Gasteiger charge is -2.26. The predicted octanol–water partition coefficient (Wildman–Crippen LogP) is 3.15. The van der Waals surface area contributed by atoms with E-state index in [2.05, 4.69) is 20.5 Å². The lowest BCUT2D eigenvalue weighted by Crippen LogP contribution is -2.39. The van der Waals surface area contributed by atoms with E-state index in [-0.39, 0.29) is 5.91 Å². The summed E-state index contributed by atoms with van der Waals surface area (Å²) in [6.07, 6.45) is 1.46. The minimum Gasteiger partial charge on any atom is -0.381 e. The van der Waals surface area contributed by atoms with Gasteiger partial charge in [-0.25, -0.2) is 8.78 Å². The molecule has 1 atom stereocenters. The number of carbonyl (C=O) groups excluding carboxylic acids is 1. The van der Waals surface area contributed by atoms with Gasteiger partial charge in [-0.05, 0) is 29.8 Å². The van der Waals surface area contributed by atoms with Crippen molar-refractivity contribution in [2.45, 2.75) is 5.92 Å². The first-order valence-corrected chi connectivity index (χ1v) is 9.58. The quantitative estimate of drug-likeness (QED) is 0.732. The van der Waals surface area contributed by atoms with Gasteiger partial charge in [-0.2, -0.15) is 0 Å². The van der Waals surface area contributed by atoms with Crippen LogP contribution in [0.4, 0.5) is 25.8 Å². The molecule has 2 aliphatic rings. The summed E-state index contributed by atoms with van der Waals surface area (Å²) in [6, 6.07) is 8.79. The number of benzene rings is 2.